The topological polar surface area (TPSA) is 42.2 Å². The van der Waals surface area contributed by atoms with E-state index < -0.39 is 0 Å². The highest BCUT2D eigenvalue weighted by atomic mass is 15.1. The number of nitrogens with zero attached hydrogens (tertiary/aromatic N) is 2. The zero-order chi connectivity index (χ0) is 15.2. The first-order chi connectivity index (χ1) is 10.1. The van der Waals surface area contributed by atoms with Gasteiger partial charge in [0.1, 0.15) is 0 Å². The maximum absolute atomic E-state index is 5.90. The molecule has 0 aliphatic rings. The molecule has 3 nitrogen and oxygen atoms in total. The summed E-state index contributed by atoms with van der Waals surface area (Å²) >= 11 is 0. The molecule has 0 fully saturated rings. The van der Waals surface area contributed by atoms with Crippen LogP contribution in [0, 0.1) is 6.92 Å². The zero-order valence-corrected chi connectivity index (χ0v) is 13.2. The smallest absolute Gasteiger partial charge is 0.0430 e. The first kappa shape index (κ1) is 15.5. The lowest BCUT2D eigenvalue weighted by atomic mass is 10.0. The van der Waals surface area contributed by atoms with Crippen molar-refractivity contribution in [3.8, 4) is 0 Å². The van der Waals surface area contributed by atoms with Gasteiger partial charge in [-0.2, -0.15) is 0 Å². The summed E-state index contributed by atoms with van der Waals surface area (Å²) in [4.78, 5) is 6.45. The van der Waals surface area contributed by atoms with E-state index in [9.17, 15) is 0 Å². The Morgan fingerprint density at radius 3 is 2.48 bits per heavy atom. The summed E-state index contributed by atoms with van der Waals surface area (Å²) in [5.41, 5.74) is 11.1. The Labute approximate surface area is 127 Å². The van der Waals surface area contributed by atoms with E-state index in [0.717, 1.165) is 19.5 Å². The molecule has 112 valence electrons. The molecule has 2 rings (SSSR count). The van der Waals surface area contributed by atoms with Crippen molar-refractivity contribution >= 4 is 5.69 Å². The average molecular weight is 283 g/mol. The minimum Gasteiger partial charge on any atom is -0.367 e. The number of anilines is 1. The SMILES string of the molecule is CCN(Cc1ccncc1)c1ccc(CC(C)N)c(C)c1. The van der Waals surface area contributed by atoms with Crippen molar-refractivity contribution in [3.63, 3.8) is 0 Å². The Balaban J connectivity index is 2.17. The second-order valence-electron chi connectivity index (χ2n) is 5.66. The van der Waals surface area contributed by atoms with Crippen LogP contribution in [0.1, 0.15) is 30.5 Å². The van der Waals surface area contributed by atoms with Crippen LogP contribution in [0.5, 0.6) is 0 Å². The van der Waals surface area contributed by atoms with Gasteiger partial charge in [-0.25, -0.2) is 0 Å². The molecule has 2 N–H and O–H groups in total. The van der Waals surface area contributed by atoms with E-state index in [0.29, 0.717) is 0 Å². The molecule has 0 amide bonds. The molecule has 2 aromatic rings. The molecule has 3 heteroatoms. The van der Waals surface area contributed by atoms with Gasteiger partial charge in [-0.05, 0) is 68.1 Å². The molecular weight excluding hydrogens is 258 g/mol. The fraction of sp³-hybridized carbons (Fsp3) is 0.389. The van der Waals surface area contributed by atoms with Crippen LogP contribution in [0.3, 0.4) is 0 Å². The van der Waals surface area contributed by atoms with Crippen molar-refractivity contribution in [1.82, 2.24) is 4.98 Å². The second kappa shape index (κ2) is 7.23. The van der Waals surface area contributed by atoms with Crippen LogP contribution in [0.2, 0.25) is 0 Å². The lowest BCUT2D eigenvalue weighted by Gasteiger charge is -2.24. The number of rotatable bonds is 6. The molecular formula is C18H25N3. The monoisotopic (exact) mass is 283 g/mol. The Bertz CT molecular complexity index is 564. The maximum atomic E-state index is 5.90. The fourth-order valence-corrected chi connectivity index (χ4v) is 2.55. The van der Waals surface area contributed by atoms with E-state index in [4.69, 9.17) is 5.73 Å². The summed E-state index contributed by atoms with van der Waals surface area (Å²) in [7, 11) is 0. The van der Waals surface area contributed by atoms with Crippen molar-refractivity contribution in [2.24, 2.45) is 5.73 Å². The summed E-state index contributed by atoms with van der Waals surface area (Å²) in [5.74, 6) is 0. The Morgan fingerprint density at radius 2 is 1.90 bits per heavy atom. The lowest BCUT2D eigenvalue weighted by Crippen LogP contribution is -2.22. The Morgan fingerprint density at radius 1 is 1.19 bits per heavy atom. The summed E-state index contributed by atoms with van der Waals surface area (Å²) in [6, 6.07) is 11.0. The molecule has 0 radical (unpaired) electrons. The van der Waals surface area contributed by atoms with Gasteiger partial charge in [-0.3, -0.25) is 4.98 Å². The van der Waals surface area contributed by atoms with E-state index in [-0.39, 0.29) is 6.04 Å². The summed E-state index contributed by atoms with van der Waals surface area (Å²) in [6.45, 7) is 8.29. The minimum atomic E-state index is 0.202. The van der Waals surface area contributed by atoms with E-state index in [1.54, 1.807) is 0 Å². The molecule has 0 aliphatic carbocycles. The molecule has 21 heavy (non-hydrogen) atoms. The number of nitrogens with two attached hydrogens (primary N) is 1. The fourth-order valence-electron chi connectivity index (χ4n) is 2.55. The lowest BCUT2D eigenvalue weighted by molar-refractivity contribution is 0.734. The van der Waals surface area contributed by atoms with E-state index in [1.165, 1.54) is 22.4 Å². The highest BCUT2D eigenvalue weighted by Crippen LogP contribution is 2.21. The van der Waals surface area contributed by atoms with Crippen LogP contribution >= 0.6 is 0 Å². The molecule has 1 aromatic carbocycles. The van der Waals surface area contributed by atoms with Gasteiger partial charge in [0.25, 0.3) is 0 Å². The van der Waals surface area contributed by atoms with Crippen LogP contribution < -0.4 is 10.6 Å². The highest BCUT2D eigenvalue weighted by Gasteiger charge is 2.08. The van der Waals surface area contributed by atoms with Crippen molar-refractivity contribution in [1.29, 1.82) is 0 Å². The quantitative estimate of drug-likeness (QED) is 0.884. The molecule has 0 saturated carbocycles. The molecule has 0 saturated heterocycles. The van der Waals surface area contributed by atoms with Gasteiger partial charge in [-0.15, -0.1) is 0 Å². The van der Waals surface area contributed by atoms with Gasteiger partial charge >= 0.3 is 0 Å². The third kappa shape index (κ3) is 4.30. The molecule has 0 spiro atoms. The highest BCUT2D eigenvalue weighted by molar-refractivity contribution is 5.51. The number of aromatic nitrogens is 1. The van der Waals surface area contributed by atoms with Gasteiger partial charge in [0, 0.05) is 37.2 Å². The van der Waals surface area contributed by atoms with Crippen molar-refractivity contribution in [2.75, 3.05) is 11.4 Å². The van der Waals surface area contributed by atoms with Crippen molar-refractivity contribution in [2.45, 2.75) is 39.8 Å². The average Bonchev–Trinajstić information content (AvgIpc) is 2.47. The molecule has 0 bridgehead atoms. The van der Waals surface area contributed by atoms with Crippen LogP contribution in [-0.2, 0) is 13.0 Å². The summed E-state index contributed by atoms with van der Waals surface area (Å²) in [5, 5.41) is 0. The van der Waals surface area contributed by atoms with E-state index in [2.05, 4.69) is 61.0 Å². The Hall–Kier alpha value is -1.87. The normalized spacial score (nSPS) is 12.2. The van der Waals surface area contributed by atoms with Gasteiger partial charge in [0.05, 0.1) is 0 Å². The maximum Gasteiger partial charge on any atom is 0.0430 e. The number of benzene rings is 1. The summed E-state index contributed by atoms with van der Waals surface area (Å²) < 4.78 is 0. The summed E-state index contributed by atoms with van der Waals surface area (Å²) in [6.07, 6.45) is 4.63. The molecule has 1 atom stereocenters. The molecule has 1 aromatic heterocycles. The van der Waals surface area contributed by atoms with Gasteiger partial charge in [-0.1, -0.05) is 6.07 Å². The molecule has 0 aliphatic heterocycles. The third-order valence-corrected chi connectivity index (χ3v) is 3.74. The van der Waals surface area contributed by atoms with Crippen LogP contribution in [0.25, 0.3) is 0 Å². The predicted molar refractivity (Wildman–Crippen MR) is 89.5 cm³/mol. The molecule has 1 unspecified atom stereocenters. The molecule has 1 heterocycles. The van der Waals surface area contributed by atoms with Gasteiger partial charge < -0.3 is 10.6 Å². The third-order valence-electron chi connectivity index (χ3n) is 3.74. The van der Waals surface area contributed by atoms with Crippen LogP contribution in [0.15, 0.2) is 42.7 Å². The van der Waals surface area contributed by atoms with Crippen LogP contribution in [0.4, 0.5) is 5.69 Å². The number of aryl methyl sites for hydroxylation is 1. The predicted octanol–water partition coefficient (Wildman–Crippen LogP) is 3.31. The van der Waals surface area contributed by atoms with Gasteiger partial charge in [0.2, 0.25) is 0 Å². The van der Waals surface area contributed by atoms with E-state index >= 15 is 0 Å². The van der Waals surface area contributed by atoms with Crippen molar-refractivity contribution in [3.05, 3.63) is 59.4 Å². The second-order valence-corrected chi connectivity index (χ2v) is 5.66. The van der Waals surface area contributed by atoms with Crippen molar-refractivity contribution < 1.29 is 0 Å². The largest absolute Gasteiger partial charge is 0.367 e. The first-order valence-electron chi connectivity index (χ1n) is 7.59. The van der Waals surface area contributed by atoms with E-state index in [1.807, 2.05) is 12.4 Å². The number of hydrogen-bond donors (Lipinski definition) is 1. The Kier molecular flexibility index (Phi) is 5.34. The zero-order valence-electron chi connectivity index (χ0n) is 13.2. The van der Waals surface area contributed by atoms with Crippen LogP contribution in [-0.4, -0.2) is 17.6 Å². The van der Waals surface area contributed by atoms with Gasteiger partial charge in [0.15, 0.2) is 0 Å². The minimum absolute atomic E-state index is 0.202. The number of hydrogen-bond acceptors (Lipinski definition) is 3. The standard InChI is InChI=1S/C18H25N3/c1-4-21(13-16-7-9-20-10-8-16)18-6-5-17(12-15(3)19)14(2)11-18/h5-11,15H,4,12-13,19H2,1-3H3. The first-order valence-corrected chi connectivity index (χ1v) is 7.59. The number of pyridine rings is 1.